The van der Waals surface area contributed by atoms with E-state index in [1.807, 2.05) is 0 Å². The Morgan fingerprint density at radius 3 is 2.70 bits per heavy atom. The molecular formula is C13H14ClN3O4S2. The summed E-state index contributed by atoms with van der Waals surface area (Å²) in [6.07, 6.45) is 0. The Morgan fingerprint density at radius 1 is 1.39 bits per heavy atom. The van der Waals surface area contributed by atoms with Crippen LogP contribution in [0.3, 0.4) is 0 Å². The molecule has 10 heteroatoms. The highest BCUT2D eigenvalue weighted by Crippen LogP contribution is 2.26. The van der Waals surface area contributed by atoms with Crippen molar-refractivity contribution in [3.05, 3.63) is 50.8 Å². The first-order valence-electron chi connectivity index (χ1n) is 6.50. The fourth-order valence-corrected chi connectivity index (χ4v) is 4.41. The number of rotatable bonds is 7. The molecule has 0 aliphatic carbocycles. The number of nitro benzene ring substituents is 1. The zero-order valence-electron chi connectivity index (χ0n) is 12.1. The topological polar surface area (TPSA) is 92.5 Å². The van der Waals surface area contributed by atoms with Gasteiger partial charge < -0.3 is 5.32 Å². The number of hydrogen-bond donors (Lipinski definition) is 1. The molecule has 0 fully saturated rings. The molecule has 0 aliphatic heterocycles. The molecule has 1 heterocycles. The van der Waals surface area contributed by atoms with E-state index < -0.39 is 14.9 Å². The van der Waals surface area contributed by atoms with Crippen molar-refractivity contribution in [1.82, 2.24) is 4.31 Å². The van der Waals surface area contributed by atoms with Gasteiger partial charge in [0.2, 0.25) is 0 Å². The van der Waals surface area contributed by atoms with Gasteiger partial charge in [0.15, 0.2) is 0 Å². The van der Waals surface area contributed by atoms with Gasteiger partial charge in [-0.3, -0.25) is 10.1 Å². The number of nitrogens with zero attached hydrogens (tertiary/aromatic N) is 2. The molecule has 1 aromatic heterocycles. The number of hydrogen-bond acceptors (Lipinski definition) is 6. The largest absolute Gasteiger partial charge is 0.383 e. The summed E-state index contributed by atoms with van der Waals surface area (Å²) in [5, 5.41) is 15.5. The molecule has 0 spiro atoms. The molecule has 0 unspecified atom stereocenters. The van der Waals surface area contributed by atoms with Gasteiger partial charge in [0.25, 0.3) is 15.7 Å². The highest BCUT2D eigenvalue weighted by molar-refractivity contribution is 7.91. The zero-order chi connectivity index (χ0) is 17.0. The van der Waals surface area contributed by atoms with E-state index in [4.69, 9.17) is 11.6 Å². The molecule has 7 nitrogen and oxygen atoms in total. The van der Waals surface area contributed by atoms with Crippen LogP contribution in [0.4, 0.5) is 11.4 Å². The third kappa shape index (κ3) is 4.20. The molecule has 0 aliphatic rings. The predicted molar refractivity (Wildman–Crippen MR) is 90.7 cm³/mol. The van der Waals surface area contributed by atoms with Crippen molar-refractivity contribution >= 4 is 44.3 Å². The Bertz CT molecular complexity index is 794. The first kappa shape index (κ1) is 17.7. The molecule has 0 amide bonds. The number of thiophene rings is 1. The van der Waals surface area contributed by atoms with Crippen LogP contribution in [0.25, 0.3) is 0 Å². The van der Waals surface area contributed by atoms with Crippen LogP contribution in [0.2, 0.25) is 5.02 Å². The van der Waals surface area contributed by atoms with E-state index in [1.54, 1.807) is 17.5 Å². The summed E-state index contributed by atoms with van der Waals surface area (Å²) in [5.74, 6) is 0. The zero-order valence-corrected chi connectivity index (χ0v) is 14.5. The standard InChI is InChI=1S/C13H14ClN3O4S2/c1-16(23(20,21)13-3-2-8-22-13)7-6-15-12-5-4-10(17(18)19)9-11(12)14/h2-5,8-9,15H,6-7H2,1H3. The van der Waals surface area contributed by atoms with E-state index in [1.165, 1.54) is 29.6 Å². The molecule has 0 saturated carbocycles. The molecular weight excluding hydrogens is 362 g/mol. The maximum atomic E-state index is 12.2. The normalized spacial score (nSPS) is 11.6. The highest BCUT2D eigenvalue weighted by Gasteiger charge is 2.21. The van der Waals surface area contributed by atoms with Crippen LogP contribution in [-0.4, -0.2) is 37.8 Å². The maximum Gasteiger partial charge on any atom is 0.271 e. The Balaban J connectivity index is 1.96. The van der Waals surface area contributed by atoms with Crippen LogP contribution in [0, 0.1) is 10.1 Å². The van der Waals surface area contributed by atoms with E-state index in [2.05, 4.69) is 5.32 Å². The van der Waals surface area contributed by atoms with Crippen LogP contribution >= 0.6 is 22.9 Å². The first-order chi connectivity index (χ1) is 10.8. The van der Waals surface area contributed by atoms with Crippen molar-refractivity contribution in [3.63, 3.8) is 0 Å². The van der Waals surface area contributed by atoms with E-state index in [9.17, 15) is 18.5 Å². The Hall–Kier alpha value is -1.68. The van der Waals surface area contributed by atoms with Crippen molar-refractivity contribution in [2.75, 3.05) is 25.5 Å². The summed E-state index contributed by atoms with van der Waals surface area (Å²) >= 11 is 7.12. The second kappa shape index (κ2) is 7.26. The maximum absolute atomic E-state index is 12.2. The molecule has 1 N–H and O–H groups in total. The molecule has 0 bridgehead atoms. The summed E-state index contributed by atoms with van der Waals surface area (Å²) in [5.41, 5.74) is 0.414. The average Bonchev–Trinajstić information content (AvgIpc) is 3.03. The molecule has 23 heavy (non-hydrogen) atoms. The number of likely N-dealkylation sites (N-methyl/N-ethyl adjacent to an activating group) is 1. The lowest BCUT2D eigenvalue weighted by atomic mass is 10.3. The van der Waals surface area contributed by atoms with Crippen LogP contribution in [0.5, 0.6) is 0 Å². The average molecular weight is 376 g/mol. The van der Waals surface area contributed by atoms with E-state index in [0.29, 0.717) is 12.2 Å². The predicted octanol–water partition coefficient (Wildman–Crippen LogP) is 3.04. The lowest BCUT2D eigenvalue weighted by Crippen LogP contribution is -2.31. The fraction of sp³-hybridized carbons (Fsp3) is 0.231. The molecule has 2 aromatic rings. The number of nitrogens with one attached hydrogen (secondary N) is 1. The number of nitro groups is 1. The molecule has 124 valence electrons. The molecule has 2 rings (SSSR count). The molecule has 0 atom stereocenters. The van der Waals surface area contributed by atoms with Gasteiger partial charge in [0.1, 0.15) is 4.21 Å². The van der Waals surface area contributed by atoms with Gasteiger partial charge in [-0.15, -0.1) is 11.3 Å². The molecule has 0 saturated heterocycles. The Morgan fingerprint density at radius 2 is 2.13 bits per heavy atom. The lowest BCUT2D eigenvalue weighted by molar-refractivity contribution is -0.384. The van der Waals surface area contributed by atoms with E-state index in [-0.39, 0.29) is 21.5 Å². The van der Waals surface area contributed by atoms with Crippen LogP contribution in [0.1, 0.15) is 0 Å². The van der Waals surface area contributed by atoms with Crippen LogP contribution in [-0.2, 0) is 10.0 Å². The number of anilines is 1. The summed E-state index contributed by atoms with van der Waals surface area (Å²) in [6, 6.07) is 7.31. The van der Waals surface area contributed by atoms with E-state index >= 15 is 0 Å². The second-order valence-corrected chi connectivity index (χ2v) is 8.23. The minimum atomic E-state index is -3.49. The third-order valence-corrected chi connectivity index (χ3v) is 6.61. The van der Waals surface area contributed by atoms with Crippen molar-refractivity contribution in [1.29, 1.82) is 0 Å². The third-order valence-electron chi connectivity index (χ3n) is 3.07. The molecule has 1 aromatic carbocycles. The van der Waals surface area contributed by atoms with Crippen molar-refractivity contribution < 1.29 is 13.3 Å². The SMILES string of the molecule is CN(CCNc1ccc([N+](=O)[O-])cc1Cl)S(=O)(=O)c1cccs1. The number of sulfonamides is 1. The van der Waals surface area contributed by atoms with Crippen LogP contribution < -0.4 is 5.32 Å². The Kier molecular flexibility index (Phi) is 5.58. The van der Waals surface area contributed by atoms with Crippen molar-refractivity contribution in [2.24, 2.45) is 0 Å². The number of halogens is 1. The highest BCUT2D eigenvalue weighted by atomic mass is 35.5. The summed E-state index contributed by atoms with van der Waals surface area (Å²) in [4.78, 5) is 10.1. The molecule has 0 radical (unpaired) electrons. The van der Waals surface area contributed by atoms with Gasteiger partial charge in [0, 0.05) is 32.3 Å². The fourth-order valence-electron chi connectivity index (χ4n) is 1.79. The van der Waals surface area contributed by atoms with Gasteiger partial charge in [0.05, 0.1) is 15.6 Å². The second-order valence-electron chi connectivity index (χ2n) is 4.61. The summed E-state index contributed by atoms with van der Waals surface area (Å²) in [6.45, 7) is 0.548. The summed E-state index contributed by atoms with van der Waals surface area (Å²) < 4.78 is 26.0. The monoisotopic (exact) mass is 375 g/mol. The minimum Gasteiger partial charge on any atom is -0.383 e. The van der Waals surface area contributed by atoms with Gasteiger partial charge in [-0.2, -0.15) is 4.31 Å². The van der Waals surface area contributed by atoms with Gasteiger partial charge in [-0.25, -0.2) is 8.42 Å². The lowest BCUT2D eigenvalue weighted by Gasteiger charge is -2.17. The van der Waals surface area contributed by atoms with Crippen molar-refractivity contribution in [3.8, 4) is 0 Å². The summed E-state index contributed by atoms with van der Waals surface area (Å²) in [7, 11) is -1.99. The minimum absolute atomic E-state index is 0.0991. The van der Waals surface area contributed by atoms with Crippen LogP contribution in [0.15, 0.2) is 39.9 Å². The van der Waals surface area contributed by atoms with Gasteiger partial charge in [-0.1, -0.05) is 17.7 Å². The Labute approximate surface area is 142 Å². The number of benzene rings is 1. The van der Waals surface area contributed by atoms with E-state index in [0.717, 1.165) is 11.3 Å². The first-order valence-corrected chi connectivity index (χ1v) is 9.20. The quantitative estimate of drug-likeness (QED) is 0.593. The van der Waals surface area contributed by atoms with Gasteiger partial charge in [-0.05, 0) is 17.5 Å². The number of non-ortho nitro benzene ring substituents is 1. The van der Waals surface area contributed by atoms with Gasteiger partial charge >= 0.3 is 0 Å². The smallest absolute Gasteiger partial charge is 0.271 e. The van der Waals surface area contributed by atoms with Crippen molar-refractivity contribution in [2.45, 2.75) is 4.21 Å².